The molecule has 3 aromatic rings. The molecule has 3 amide bonds. The van der Waals surface area contributed by atoms with E-state index in [2.05, 4.69) is 0 Å². The Balaban J connectivity index is 1.47. The lowest BCUT2D eigenvalue weighted by Crippen LogP contribution is -2.69. The van der Waals surface area contributed by atoms with Crippen molar-refractivity contribution in [3.63, 3.8) is 0 Å². The summed E-state index contributed by atoms with van der Waals surface area (Å²) in [5, 5.41) is 0. The van der Waals surface area contributed by atoms with Crippen molar-refractivity contribution in [1.82, 2.24) is 9.80 Å². The summed E-state index contributed by atoms with van der Waals surface area (Å²) in [6, 6.07) is 27.0. The van der Waals surface area contributed by atoms with Gasteiger partial charge in [-0.1, -0.05) is 91.0 Å². The minimum Gasteiger partial charge on any atom is -0.447 e. The molecule has 3 atom stereocenters. The van der Waals surface area contributed by atoms with Crippen LogP contribution in [0.4, 0.5) is 9.59 Å². The molecule has 5 rings (SSSR count). The molecule has 0 radical (unpaired) electrons. The average Bonchev–Trinajstić information content (AvgIpc) is 3.24. The molecule has 2 saturated heterocycles. The highest BCUT2D eigenvalue weighted by atomic mass is 16.6. The van der Waals surface area contributed by atoms with Crippen molar-refractivity contribution in [3.8, 4) is 5.75 Å². The van der Waals surface area contributed by atoms with Crippen LogP contribution in [0.2, 0.25) is 0 Å². The fourth-order valence-electron chi connectivity index (χ4n) is 4.25. The van der Waals surface area contributed by atoms with Gasteiger partial charge in [-0.15, -0.1) is 0 Å². The number of ether oxygens (including phenoxy) is 2. The van der Waals surface area contributed by atoms with E-state index in [0.717, 1.165) is 16.0 Å². The van der Waals surface area contributed by atoms with E-state index < -0.39 is 36.2 Å². The predicted octanol–water partition coefficient (Wildman–Crippen LogP) is 4.88. The van der Waals surface area contributed by atoms with Crippen molar-refractivity contribution in [3.05, 3.63) is 108 Å². The summed E-state index contributed by atoms with van der Waals surface area (Å²) in [7, 11) is 0. The van der Waals surface area contributed by atoms with E-state index >= 15 is 0 Å². The third kappa shape index (κ3) is 4.03. The van der Waals surface area contributed by atoms with Crippen molar-refractivity contribution in [2.75, 3.05) is 6.61 Å². The second-order valence-electron chi connectivity index (χ2n) is 8.01. The van der Waals surface area contributed by atoms with Crippen LogP contribution in [0.15, 0.2) is 97.1 Å². The summed E-state index contributed by atoms with van der Waals surface area (Å²) in [4.78, 5) is 41.4. The minimum atomic E-state index is -0.871. The summed E-state index contributed by atoms with van der Waals surface area (Å²) < 4.78 is 10.8. The highest BCUT2D eigenvalue weighted by molar-refractivity contribution is 6.02. The second-order valence-corrected chi connectivity index (χ2v) is 8.01. The first-order chi connectivity index (χ1) is 16.6. The lowest BCUT2D eigenvalue weighted by molar-refractivity contribution is -0.157. The number of imide groups is 1. The zero-order valence-electron chi connectivity index (χ0n) is 18.2. The van der Waals surface area contributed by atoms with E-state index in [1.54, 1.807) is 36.4 Å². The molecule has 7 nitrogen and oxygen atoms in total. The maximum atomic E-state index is 13.1. The summed E-state index contributed by atoms with van der Waals surface area (Å²) in [6.07, 6.45) is 1.25. The van der Waals surface area contributed by atoms with Gasteiger partial charge in [0.1, 0.15) is 18.5 Å². The Kier molecular flexibility index (Phi) is 5.82. The van der Waals surface area contributed by atoms with Crippen molar-refractivity contribution >= 4 is 24.2 Å². The molecule has 2 fully saturated rings. The fourth-order valence-corrected chi connectivity index (χ4v) is 4.25. The number of hydrogen-bond acceptors (Lipinski definition) is 5. The summed E-state index contributed by atoms with van der Waals surface area (Å²) in [5.74, 6) is -0.851. The lowest BCUT2D eigenvalue weighted by atomic mass is 9.90. The summed E-state index contributed by atoms with van der Waals surface area (Å²) >= 11 is 0. The van der Waals surface area contributed by atoms with Crippen LogP contribution >= 0.6 is 0 Å². The van der Waals surface area contributed by atoms with Gasteiger partial charge in [-0.3, -0.25) is 9.69 Å². The molecule has 34 heavy (non-hydrogen) atoms. The van der Waals surface area contributed by atoms with Gasteiger partial charge in [0.2, 0.25) is 5.91 Å². The van der Waals surface area contributed by atoms with E-state index in [0.29, 0.717) is 5.75 Å². The molecule has 0 unspecified atom stereocenters. The number of nitrogens with zero attached hydrogens (tertiary/aromatic N) is 2. The van der Waals surface area contributed by atoms with Crippen LogP contribution in [0.25, 0.3) is 6.08 Å². The molecule has 2 aliphatic rings. The number of amides is 3. The van der Waals surface area contributed by atoms with Crippen LogP contribution in [-0.2, 0) is 9.53 Å². The van der Waals surface area contributed by atoms with Gasteiger partial charge in [0.15, 0.2) is 0 Å². The molecule has 0 N–H and O–H groups in total. The van der Waals surface area contributed by atoms with Gasteiger partial charge in [0.05, 0.1) is 12.0 Å². The van der Waals surface area contributed by atoms with Gasteiger partial charge in [0.25, 0.3) is 0 Å². The average molecular weight is 454 g/mol. The summed E-state index contributed by atoms with van der Waals surface area (Å²) in [6.45, 7) is 0.129. The molecule has 7 heteroatoms. The number of benzene rings is 3. The van der Waals surface area contributed by atoms with E-state index in [1.165, 1.54) is 4.90 Å². The third-order valence-electron chi connectivity index (χ3n) is 5.93. The van der Waals surface area contributed by atoms with E-state index in [4.69, 9.17) is 9.47 Å². The van der Waals surface area contributed by atoms with E-state index in [1.807, 2.05) is 66.7 Å². The molecule has 170 valence electrons. The van der Waals surface area contributed by atoms with E-state index in [9.17, 15) is 14.4 Å². The number of para-hydroxylation sites is 1. The van der Waals surface area contributed by atoms with Crippen LogP contribution in [0.5, 0.6) is 5.75 Å². The molecule has 0 aromatic heterocycles. The number of carbonyl (C=O) groups is 3. The molecule has 0 aliphatic carbocycles. The Bertz CT molecular complexity index is 1210. The van der Waals surface area contributed by atoms with E-state index in [-0.39, 0.29) is 6.61 Å². The maximum Gasteiger partial charge on any atom is 0.423 e. The number of likely N-dealkylation sites (tertiary alicyclic amines) is 1. The van der Waals surface area contributed by atoms with Crippen LogP contribution in [-0.4, -0.2) is 40.7 Å². The topological polar surface area (TPSA) is 76.2 Å². The van der Waals surface area contributed by atoms with Crippen LogP contribution in [0, 0.1) is 5.92 Å². The molecule has 0 saturated carbocycles. The van der Waals surface area contributed by atoms with Crippen LogP contribution in [0.3, 0.4) is 0 Å². The number of rotatable bonds is 5. The number of hydrogen-bond donors (Lipinski definition) is 0. The number of carbonyl (C=O) groups excluding carboxylic acids is 3. The molecular formula is C27H22N2O5. The Morgan fingerprint density at radius 1 is 0.882 bits per heavy atom. The number of cyclic esters (lactones) is 1. The normalized spacial score (nSPS) is 21.9. The molecule has 0 bridgehead atoms. The smallest absolute Gasteiger partial charge is 0.423 e. The highest BCUT2D eigenvalue weighted by Crippen LogP contribution is 2.40. The van der Waals surface area contributed by atoms with Gasteiger partial charge in [0, 0.05) is 0 Å². The van der Waals surface area contributed by atoms with Gasteiger partial charge < -0.3 is 9.47 Å². The Morgan fingerprint density at radius 3 is 2.18 bits per heavy atom. The standard InChI is InChI=1S/C27H22N2O5/c30-25-22(17-16-19-10-4-1-5-11-19)24(29(25)27(32)34-21-14-8-3-9-15-21)28-23(18-33-26(28)31)20-12-6-2-7-13-20/h1-17,22-24H,18H2/t22-,23-,24-/m1/s1. The largest absolute Gasteiger partial charge is 0.447 e. The summed E-state index contributed by atoms with van der Waals surface area (Å²) in [5.41, 5.74) is 1.76. The van der Waals surface area contributed by atoms with Crippen molar-refractivity contribution in [2.45, 2.75) is 12.2 Å². The molecule has 3 aromatic carbocycles. The molecule has 2 heterocycles. The predicted molar refractivity (Wildman–Crippen MR) is 124 cm³/mol. The SMILES string of the molecule is O=C(Oc1ccccc1)N1C(=O)[C@H](C=Cc2ccccc2)[C@@H]1N1C(=O)OC[C@@H]1c1ccccc1. The molecule has 2 aliphatic heterocycles. The van der Waals surface area contributed by atoms with Crippen LogP contribution < -0.4 is 4.74 Å². The maximum absolute atomic E-state index is 13.1. The van der Waals surface area contributed by atoms with Crippen molar-refractivity contribution in [2.24, 2.45) is 5.92 Å². The Labute approximate surface area is 196 Å². The Hall–Kier alpha value is -4.39. The first-order valence-corrected chi connectivity index (χ1v) is 11.0. The fraction of sp³-hybridized carbons (Fsp3) is 0.148. The van der Waals surface area contributed by atoms with Crippen LogP contribution in [0.1, 0.15) is 17.2 Å². The monoisotopic (exact) mass is 454 g/mol. The van der Waals surface area contributed by atoms with Gasteiger partial charge >= 0.3 is 12.2 Å². The Morgan fingerprint density at radius 2 is 1.50 bits per heavy atom. The number of β-lactam (4-membered cyclic amide) rings is 1. The van der Waals surface area contributed by atoms with Gasteiger partial charge in [-0.2, -0.15) is 0 Å². The second kappa shape index (κ2) is 9.23. The quantitative estimate of drug-likeness (QED) is 0.514. The van der Waals surface area contributed by atoms with Crippen molar-refractivity contribution in [1.29, 1.82) is 0 Å². The minimum absolute atomic E-state index is 0.129. The van der Waals surface area contributed by atoms with Gasteiger partial charge in [-0.25, -0.2) is 14.5 Å². The third-order valence-corrected chi connectivity index (χ3v) is 5.93. The zero-order chi connectivity index (χ0) is 23.5. The molecule has 0 spiro atoms. The zero-order valence-corrected chi connectivity index (χ0v) is 18.2. The first-order valence-electron chi connectivity index (χ1n) is 11.0. The lowest BCUT2D eigenvalue weighted by Gasteiger charge is -2.48. The van der Waals surface area contributed by atoms with Gasteiger partial charge in [-0.05, 0) is 23.3 Å². The first kappa shape index (κ1) is 21.5. The van der Waals surface area contributed by atoms with Crippen molar-refractivity contribution < 1.29 is 23.9 Å². The molecular weight excluding hydrogens is 432 g/mol. The highest BCUT2D eigenvalue weighted by Gasteiger charge is 2.58.